The van der Waals surface area contributed by atoms with Gasteiger partial charge in [0.05, 0.1) is 10.4 Å². The normalized spacial score (nSPS) is 11.4. The van der Waals surface area contributed by atoms with E-state index >= 15 is 0 Å². The summed E-state index contributed by atoms with van der Waals surface area (Å²) in [6, 6.07) is 7.08. The number of hydrogen-bond acceptors (Lipinski definition) is 3. The van der Waals surface area contributed by atoms with Gasteiger partial charge < -0.3 is 4.74 Å². The van der Waals surface area contributed by atoms with E-state index in [1.807, 2.05) is 0 Å². The van der Waals surface area contributed by atoms with Crippen LogP contribution in [-0.4, -0.2) is 12.1 Å². The van der Waals surface area contributed by atoms with Crippen LogP contribution in [0.5, 0.6) is 5.75 Å². The molecule has 1 aromatic heterocycles. The smallest absolute Gasteiger partial charge is 0.405 e. The molecule has 0 saturated carbocycles. The van der Waals surface area contributed by atoms with Crippen molar-refractivity contribution in [1.82, 2.24) is 0 Å². The first-order chi connectivity index (χ1) is 8.88. The molecule has 2 rings (SSSR count). The van der Waals surface area contributed by atoms with Crippen LogP contribution < -0.4 is 4.74 Å². The predicted octanol–water partition coefficient (Wildman–Crippen LogP) is 4.19. The van der Waals surface area contributed by atoms with Crippen LogP contribution in [0.3, 0.4) is 0 Å². The van der Waals surface area contributed by atoms with Crippen LogP contribution >= 0.6 is 11.3 Å². The summed E-state index contributed by atoms with van der Waals surface area (Å²) < 4.78 is 40.7. The summed E-state index contributed by atoms with van der Waals surface area (Å²) in [5.41, 5.74) is 0.641. The van der Waals surface area contributed by atoms with E-state index in [9.17, 15) is 18.0 Å². The Balaban J connectivity index is 2.40. The molecule has 0 atom stereocenters. The number of hydrogen-bond donors (Lipinski definition) is 0. The van der Waals surface area contributed by atoms with Gasteiger partial charge in [0, 0.05) is 0 Å². The standard InChI is InChI=1S/C13H9F3O2S/c1-8-6-7-19-12(8)11(17)9-4-2-3-5-10(9)18-13(14,15)16/h2-7H,1H3. The van der Waals surface area contributed by atoms with Gasteiger partial charge in [-0.05, 0) is 36.1 Å². The van der Waals surface area contributed by atoms with E-state index in [0.29, 0.717) is 4.88 Å². The number of carbonyl (C=O) groups excluding carboxylic acids is 1. The van der Waals surface area contributed by atoms with E-state index in [1.54, 1.807) is 18.4 Å². The van der Waals surface area contributed by atoms with Crippen molar-refractivity contribution in [2.45, 2.75) is 13.3 Å². The average Bonchev–Trinajstić information content (AvgIpc) is 2.73. The molecule has 0 saturated heterocycles. The van der Waals surface area contributed by atoms with Gasteiger partial charge in [-0.2, -0.15) is 0 Å². The van der Waals surface area contributed by atoms with Crippen molar-refractivity contribution in [2.24, 2.45) is 0 Å². The van der Waals surface area contributed by atoms with Crippen molar-refractivity contribution in [3.8, 4) is 5.75 Å². The molecular formula is C13H9F3O2S. The molecule has 0 aliphatic heterocycles. The van der Waals surface area contributed by atoms with Crippen molar-refractivity contribution >= 4 is 17.1 Å². The lowest BCUT2D eigenvalue weighted by Crippen LogP contribution is -2.19. The number of halogens is 3. The quantitative estimate of drug-likeness (QED) is 0.791. The van der Waals surface area contributed by atoms with Gasteiger partial charge >= 0.3 is 6.36 Å². The Hall–Kier alpha value is -1.82. The van der Waals surface area contributed by atoms with Crippen molar-refractivity contribution < 1.29 is 22.7 Å². The number of ether oxygens (including phenoxy) is 1. The maximum Gasteiger partial charge on any atom is 0.573 e. The summed E-state index contributed by atoms with van der Waals surface area (Å²) >= 11 is 1.19. The van der Waals surface area contributed by atoms with Gasteiger partial charge in [0.15, 0.2) is 0 Å². The second-order valence-electron chi connectivity index (χ2n) is 3.81. The van der Waals surface area contributed by atoms with E-state index in [1.165, 1.54) is 29.5 Å². The monoisotopic (exact) mass is 286 g/mol. The van der Waals surface area contributed by atoms with Crippen molar-refractivity contribution in [1.29, 1.82) is 0 Å². The molecule has 0 amide bonds. The first kappa shape index (κ1) is 13.6. The maximum atomic E-state index is 12.3. The minimum atomic E-state index is -4.82. The summed E-state index contributed by atoms with van der Waals surface area (Å²) in [5.74, 6) is -0.944. The number of alkyl halides is 3. The first-order valence-corrected chi connectivity index (χ1v) is 6.20. The van der Waals surface area contributed by atoms with Crippen LogP contribution in [0.2, 0.25) is 0 Å². The molecule has 1 heterocycles. The molecular weight excluding hydrogens is 277 g/mol. The van der Waals surface area contributed by atoms with Gasteiger partial charge in [-0.3, -0.25) is 4.79 Å². The minimum Gasteiger partial charge on any atom is -0.405 e. The number of thiophene rings is 1. The van der Waals surface area contributed by atoms with Crippen LogP contribution in [0.4, 0.5) is 13.2 Å². The second kappa shape index (κ2) is 5.05. The Bertz CT molecular complexity index is 602. The third kappa shape index (κ3) is 3.14. The van der Waals surface area contributed by atoms with Crippen LogP contribution in [0.25, 0.3) is 0 Å². The lowest BCUT2D eigenvalue weighted by atomic mass is 10.1. The summed E-state index contributed by atoms with van der Waals surface area (Å²) in [6.07, 6.45) is -4.82. The van der Waals surface area contributed by atoms with Gasteiger partial charge in [-0.15, -0.1) is 24.5 Å². The van der Waals surface area contributed by atoms with Gasteiger partial charge in [-0.25, -0.2) is 0 Å². The molecule has 1 aromatic carbocycles. The molecule has 0 unspecified atom stereocenters. The molecule has 0 N–H and O–H groups in total. The number of para-hydroxylation sites is 1. The average molecular weight is 286 g/mol. The lowest BCUT2D eigenvalue weighted by Gasteiger charge is -2.12. The Morgan fingerprint density at radius 2 is 1.89 bits per heavy atom. The fourth-order valence-electron chi connectivity index (χ4n) is 1.60. The third-order valence-electron chi connectivity index (χ3n) is 2.43. The summed E-state index contributed by atoms with van der Waals surface area (Å²) in [6.45, 7) is 1.73. The third-order valence-corrected chi connectivity index (χ3v) is 3.44. The molecule has 0 aliphatic carbocycles. The number of rotatable bonds is 3. The molecule has 0 bridgehead atoms. The van der Waals surface area contributed by atoms with E-state index < -0.39 is 17.9 Å². The van der Waals surface area contributed by atoms with E-state index in [4.69, 9.17) is 0 Å². The highest BCUT2D eigenvalue weighted by Crippen LogP contribution is 2.29. The van der Waals surface area contributed by atoms with Crippen molar-refractivity contribution in [3.05, 3.63) is 51.7 Å². The van der Waals surface area contributed by atoms with Crippen LogP contribution in [0.1, 0.15) is 20.8 Å². The number of aryl methyl sites for hydroxylation is 1. The zero-order chi connectivity index (χ0) is 14.0. The molecule has 6 heteroatoms. The zero-order valence-electron chi connectivity index (χ0n) is 9.82. The first-order valence-electron chi connectivity index (χ1n) is 5.32. The van der Waals surface area contributed by atoms with Crippen LogP contribution in [0, 0.1) is 6.92 Å². The van der Waals surface area contributed by atoms with Crippen molar-refractivity contribution in [2.75, 3.05) is 0 Å². The lowest BCUT2D eigenvalue weighted by molar-refractivity contribution is -0.274. The Labute approximate surface area is 111 Å². The Kier molecular flexibility index (Phi) is 3.61. The summed E-state index contributed by atoms with van der Waals surface area (Å²) in [7, 11) is 0. The number of ketones is 1. The fourth-order valence-corrected chi connectivity index (χ4v) is 2.47. The number of carbonyl (C=O) groups is 1. The van der Waals surface area contributed by atoms with Gasteiger partial charge in [0.1, 0.15) is 5.75 Å². The molecule has 0 fully saturated rings. The Morgan fingerprint density at radius 3 is 2.47 bits per heavy atom. The highest BCUT2D eigenvalue weighted by molar-refractivity contribution is 7.12. The van der Waals surface area contributed by atoms with Gasteiger partial charge in [-0.1, -0.05) is 12.1 Å². The van der Waals surface area contributed by atoms with Crippen molar-refractivity contribution in [3.63, 3.8) is 0 Å². The highest BCUT2D eigenvalue weighted by atomic mass is 32.1. The predicted molar refractivity (Wildman–Crippen MR) is 65.6 cm³/mol. The van der Waals surface area contributed by atoms with Gasteiger partial charge in [0.25, 0.3) is 0 Å². The minimum absolute atomic E-state index is 0.0922. The molecule has 0 spiro atoms. The van der Waals surface area contributed by atoms with E-state index in [2.05, 4.69) is 4.74 Å². The second-order valence-corrected chi connectivity index (χ2v) is 4.72. The van der Waals surface area contributed by atoms with E-state index in [0.717, 1.165) is 11.6 Å². The molecule has 19 heavy (non-hydrogen) atoms. The fraction of sp³-hybridized carbons (Fsp3) is 0.154. The molecule has 100 valence electrons. The van der Waals surface area contributed by atoms with E-state index in [-0.39, 0.29) is 5.56 Å². The Morgan fingerprint density at radius 1 is 1.21 bits per heavy atom. The largest absolute Gasteiger partial charge is 0.573 e. The summed E-state index contributed by atoms with van der Waals surface area (Å²) in [4.78, 5) is 12.6. The summed E-state index contributed by atoms with van der Waals surface area (Å²) in [5, 5.41) is 1.72. The zero-order valence-corrected chi connectivity index (χ0v) is 10.6. The number of benzene rings is 1. The topological polar surface area (TPSA) is 26.3 Å². The molecule has 0 aliphatic rings. The van der Waals surface area contributed by atoms with Crippen LogP contribution in [-0.2, 0) is 0 Å². The molecule has 2 aromatic rings. The molecule has 0 radical (unpaired) electrons. The maximum absolute atomic E-state index is 12.3. The SMILES string of the molecule is Cc1ccsc1C(=O)c1ccccc1OC(F)(F)F. The van der Waals surface area contributed by atoms with Gasteiger partial charge in [0.2, 0.25) is 5.78 Å². The van der Waals surface area contributed by atoms with Crippen LogP contribution in [0.15, 0.2) is 35.7 Å². The molecule has 2 nitrogen and oxygen atoms in total. The highest BCUT2D eigenvalue weighted by Gasteiger charge is 2.33.